The molecule has 0 saturated carbocycles. The summed E-state index contributed by atoms with van der Waals surface area (Å²) < 4.78 is 11.6. The topological polar surface area (TPSA) is 133 Å². The smallest absolute Gasteiger partial charge is 0.275 e. The molecule has 156 valence electrons. The van der Waals surface area contributed by atoms with Gasteiger partial charge in [0.2, 0.25) is 5.91 Å². The second-order valence-electron chi connectivity index (χ2n) is 6.22. The van der Waals surface area contributed by atoms with Gasteiger partial charge in [-0.15, -0.1) is 5.10 Å². The van der Waals surface area contributed by atoms with Gasteiger partial charge in [0, 0.05) is 12.1 Å². The number of nitrogen functional groups attached to an aromatic ring is 1. The first kappa shape index (κ1) is 20.6. The highest BCUT2D eigenvalue weighted by atomic mass is 16.5. The van der Waals surface area contributed by atoms with Gasteiger partial charge in [0.25, 0.3) is 5.91 Å². The number of nitrogens with one attached hydrogen (secondary N) is 2. The van der Waals surface area contributed by atoms with Crippen molar-refractivity contribution >= 4 is 23.3 Å². The molecule has 0 spiro atoms. The summed E-state index contributed by atoms with van der Waals surface area (Å²) in [5.41, 5.74) is 7.23. The molecule has 2 aromatic carbocycles. The van der Waals surface area contributed by atoms with E-state index in [2.05, 4.69) is 20.9 Å². The van der Waals surface area contributed by atoms with Crippen molar-refractivity contribution in [2.24, 2.45) is 0 Å². The fourth-order valence-electron chi connectivity index (χ4n) is 2.78. The average Bonchev–Trinajstić information content (AvgIpc) is 3.12. The van der Waals surface area contributed by atoms with Crippen molar-refractivity contribution in [2.75, 3.05) is 25.3 Å². The molecule has 3 aromatic rings. The number of rotatable bonds is 8. The number of hydrogen-bond donors (Lipinski definition) is 3. The van der Waals surface area contributed by atoms with Crippen LogP contribution in [0, 0.1) is 0 Å². The Morgan fingerprint density at radius 3 is 2.43 bits per heavy atom. The van der Waals surface area contributed by atoms with Crippen LogP contribution in [0.5, 0.6) is 11.5 Å². The number of amides is 2. The number of benzene rings is 2. The third-order valence-corrected chi connectivity index (χ3v) is 4.29. The van der Waals surface area contributed by atoms with Crippen molar-refractivity contribution in [3.05, 3.63) is 59.8 Å². The summed E-state index contributed by atoms with van der Waals surface area (Å²) >= 11 is 0. The largest absolute Gasteiger partial charge is 0.496 e. The quantitative estimate of drug-likeness (QED) is 0.512. The molecule has 10 heteroatoms. The Bertz CT molecular complexity index is 1050. The Labute approximate surface area is 173 Å². The summed E-state index contributed by atoms with van der Waals surface area (Å²) in [6, 6.07) is 14.3. The zero-order valence-corrected chi connectivity index (χ0v) is 16.6. The van der Waals surface area contributed by atoms with E-state index in [1.54, 1.807) is 37.4 Å². The van der Waals surface area contributed by atoms with Gasteiger partial charge >= 0.3 is 0 Å². The second-order valence-corrected chi connectivity index (χ2v) is 6.22. The highest BCUT2D eigenvalue weighted by Gasteiger charge is 2.19. The fraction of sp³-hybridized carbons (Fsp3) is 0.200. The van der Waals surface area contributed by atoms with Crippen LogP contribution < -0.4 is 25.8 Å². The van der Waals surface area contributed by atoms with Crippen LogP contribution in [-0.2, 0) is 17.9 Å². The molecule has 0 atom stereocenters. The maximum atomic E-state index is 12.4. The standard InChI is InChI=1S/C20H22N6O4/c1-29-15-9-5-3-7-13(15)11-22-20(28)18-19(21)26(25-24-18)12-17(27)23-14-8-4-6-10-16(14)30-2/h3-10H,11-12,21H2,1-2H3,(H,22,28)(H,23,27). The lowest BCUT2D eigenvalue weighted by Gasteiger charge is -2.10. The van der Waals surface area contributed by atoms with Gasteiger partial charge in [0.1, 0.15) is 18.0 Å². The molecule has 3 rings (SSSR count). The van der Waals surface area contributed by atoms with Crippen LogP contribution in [0.15, 0.2) is 48.5 Å². The maximum absolute atomic E-state index is 12.4. The molecule has 0 aliphatic rings. The van der Waals surface area contributed by atoms with Crippen LogP contribution in [0.2, 0.25) is 0 Å². The SMILES string of the molecule is COc1ccccc1CNC(=O)c1nnn(CC(=O)Nc2ccccc2OC)c1N. The third-order valence-electron chi connectivity index (χ3n) is 4.29. The van der Waals surface area contributed by atoms with E-state index in [0.717, 1.165) is 10.2 Å². The van der Waals surface area contributed by atoms with Crippen molar-refractivity contribution in [3.8, 4) is 11.5 Å². The predicted molar refractivity (Wildman–Crippen MR) is 110 cm³/mol. The van der Waals surface area contributed by atoms with E-state index in [-0.39, 0.29) is 24.6 Å². The molecule has 0 fully saturated rings. The molecule has 2 amide bonds. The van der Waals surface area contributed by atoms with Crippen molar-refractivity contribution in [2.45, 2.75) is 13.1 Å². The normalized spacial score (nSPS) is 10.3. The summed E-state index contributed by atoms with van der Waals surface area (Å²) in [6.07, 6.45) is 0. The fourth-order valence-corrected chi connectivity index (χ4v) is 2.78. The first-order chi connectivity index (χ1) is 14.5. The molecular formula is C20H22N6O4. The highest BCUT2D eigenvalue weighted by Crippen LogP contribution is 2.23. The zero-order chi connectivity index (χ0) is 21.5. The van der Waals surface area contributed by atoms with Crippen molar-refractivity contribution in [1.29, 1.82) is 0 Å². The molecule has 0 unspecified atom stereocenters. The van der Waals surface area contributed by atoms with Crippen LogP contribution in [0.4, 0.5) is 11.5 Å². The molecule has 0 aliphatic heterocycles. The van der Waals surface area contributed by atoms with Crippen molar-refractivity contribution in [1.82, 2.24) is 20.3 Å². The van der Waals surface area contributed by atoms with Crippen LogP contribution in [0.1, 0.15) is 16.1 Å². The molecule has 0 aliphatic carbocycles. The molecule has 4 N–H and O–H groups in total. The summed E-state index contributed by atoms with van der Waals surface area (Å²) in [5, 5.41) is 13.1. The Balaban J connectivity index is 1.63. The van der Waals surface area contributed by atoms with Crippen LogP contribution in [0.3, 0.4) is 0 Å². The van der Waals surface area contributed by atoms with E-state index in [4.69, 9.17) is 15.2 Å². The summed E-state index contributed by atoms with van der Waals surface area (Å²) in [5.74, 6) is 0.269. The lowest BCUT2D eigenvalue weighted by atomic mass is 10.2. The van der Waals surface area contributed by atoms with Crippen molar-refractivity contribution in [3.63, 3.8) is 0 Å². The average molecular weight is 410 g/mol. The van der Waals surface area contributed by atoms with Crippen molar-refractivity contribution < 1.29 is 19.1 Å². The van der Waals surface area contributed by atoms with Crippen LogP contribution in [-0.4, -0.2) is 41.0 Å². The van der Waals surface area contributed by atoms with Gasteiger partial charge in [-0.05, 0) is 18.2 Å². The Kier molecular flexibility index (Phi) is 6.48. The van der Waals surface area contributed by atoms with Gasteiger partial charge in [-0.25, -0.2) is 4.68 Å². The number of nitrogens with zero attached hydrogens (tertiary/aromatic N) is 3. The maximum Gasteiger partial charge on any atom is 0.275 e. The highest BCUT2D eigenvalue weighted by molar-refractivity contribution is 5.97. The third kappa shape index (κ3) is 4.66. The number of nitrogens with two attached hydrogens (primary N) is 1. The molecule has 0 radical (unpaired) electrons. The first-order valence-electron chi connectivity index (χ1n) is 9.05. The molecular weight excluding hydrogens is 388 g/mol. The summed E-state index contributed by atoms with van der Waals surface area (Å²) in [7, 11) is 3.07. The molecule has 10 nitrogen and oxygen atoms in total. The number of hydrogen-bond acceptors (Lipinski definition) is 7. The second kappa shape index (κ2) is 9.41. The van der Waals surface area contributed by atoms with E-state index in [0.29, 0.717) is 17.2 Å². The minimum atomic E-state index is -0.505. The lowest BCUT2D eigenvalue weighted by molar-refractivity contribution is -0.116. The number of ether oxygens (including phenoxy) is 2. The molecule has 1 aromatic heterocycles. The number of anilines is 2. The van der Waals surface area contributed by atoms with Gasteiger partial charge in [0.05, 0.1) is 19.9 Å². The summed E-state index contributed by atoms with van der Waals surface area (Å²) in [4.78, 5) is 24.8. The number of methoxy groups -OCH3 is 2. The Morgan fingerprint density at radius 1 is 1.03 bits per heavy atom. The monoisotopic (exact) mass is 410 g/mol. The van der Waals surface area contributed by atoms with Gasteiger partial charge in [0.15, 0.2) is 11.5 Å². The number of carbonyl (C=O) groups excluding carboxylic acids is 2. The molecule has 30 heavy (non-hydrogen) atoms. The van der Waals surface area contributed by atoms with Crippen LogP contribution >= 0.6 is 0 Å². The van der Waals surface area contributed by atoms with Gasteiger partial charge in [-0.3, -0.25) is 9.59 Å². The van der Waals surface area contributed by atoms with E-state index in [1.807, 2.05) is 18.2 Å². The molecule has 0 saturated heterocycles. The van der Waals surface area contributed by atoms with E-state index >= 15 is 0 Å². The van der Waals surface area contributed by atoms with Gasteiger partial charge in [-0.1, -0.05) is 35.5 Å². The number of para-hydroxylation sites is 3. The summed E-state index contributed by atoms with van der Waals surface area (Å²) in [6.45, 7) is 0.0140. The Hall–Kier alpha value is -4.08. The van der Waals surface area contributed by atoms with E-state index in [1.165, 1.54) is 7.11 Å². The Morgan fingerprint density at radius 2 is 1.70 bits per heavy atom. The first-order valence-corrected chi connectivity index (χ1v) is 9.05. The van der Waals surface area contributed by atoms with Crippen LogP contribution in [0.25, 0.3) is 0 Å². The predicted octanol–water partition coefficient (Wildman–Crippen LogP) is 1.45. The molecule has 1 heterocycles. The minimum absolute atomic E-state index is 0.0114. The lowest BCUT2D eigenvalue weighted by Crippen LogP contribution is -2.25. The van der Waals surface area contributed by atoms with Gasteiger partial charge < -0.3 is 25.8 Å². The zero-order valence-electron chi connectivity index (χ0n) is 16.6. The van der Waals surface area contributed by atoms with E-state index in [9.17, 15) is 9.59 Å². The van der Waals surface area contributed by atoms with E-state index < -0.39 is 11.8 Å². The molecule has 0 bridgehead atoms. The number of aromatic nitrogens is 3. The number of carbonyl (C=O) groups is 2. The van der Waals surface area contributed by atoms with Gasteiger partial charge in [-0.2, -0.15) is 0 Å². The minimum Gasteiger partial charge on any atom is -0.496 e.